The number of aromatic nitrogens is 3. The van der Waals surface area contributed by atoms with E-state index < -0.39 is 35.2 Å². The number of hydrogen-bond donors (Lipinski definition) is 1. The molecule has 31 heavy (non-hydrogen) atoms. The number of halogens is 6. The van der Waals surface area contributed by atoms with Gasteiger partial charge in [0, 0.05) is 12.4 Å². The normalized spacial score (nSPS) is 12.1. The van der Waals surface area contributed by atoms with Crippen LogP contribution in [0.1, 0.15) is 16.8 Å². The second kappa shape index (κ2) is 7.56. The van der Waals surface area contributed by atoms with Gasteiger partial charge in [0.2, 0.25) is 6.41 Å². The maximum absolute atomic E-state index is 13.3. The molecule has 3 aromatic rings. The average molecular weight is 445 g/mol. The Morgan fingerprint density at radius 1 is 1.13 bits per heavy atom. The Kier molecular flexibility index (Phi) is 5.38. The highest BCUT2D eigenvalue weighted by atomic mass is 19.4. The van der Waals surface area contributed by atoms with Gasteiger partial charge in [-0.05, 0) is 31.2 Å². The van der Waals surface area contributed by atoms with Gasteiger partial charge in [-0.15, -0.1) is 0 Å². The fourth-order valence-corrected chi connectivity index (χ4v) is 2.92. The summed E-state index contributed by atoms with van der Waals surface area (Å²) in [5, 5.41) is 6.81. The lowest BCUT2D eigenvalue weighted by Gasteiger charge is -2.22. The molecule has 0 aliphatic heterocycles. The number of urea groups is 1. The first-order valence-corrected chi connectivity index (χ1v) is 8.46. The molecule has 3 rings (SSSR count). The van der Waals surface area contributed by atoms with Gasteiger partial charge in [0.05, 0.1) is 34.4 Å². The third-order valence-electron chi connectivity index (χ3n) is 4.33. The minimum atomic E-state index is -5.12. The van der Waals surface area contributed by atoms with Crippen molar-refractivity contribution in [1.29, 1.82) is 0 Å². The van der Waals surface area contributed by atoms with Gasteiger partial charge < -0.3 is 5.32 Å². The highest BCUT2D eigenvalue weighted by molar-refractivity contribution is 6.13. The molecule has 0 saturated heterocycles. The number of carbonyl (C=O) groups excluding carboxylic acids is 2. The van der Waals surface area contributed by atoms with Crippen molar-refractivity contribution >= 4 is 34.8 Å². The first-order chi connectivity index (χ1) is 14.3. The van der Waals surface area contributed by atoms with Crippen LogP contribution in [-0.4, -0.2) is 27.2 Å². The third-order valence-corrected chi connectivity index (χ3v) is 4.33. The molecule has 0 aliphatic carbocycles. The Hall–Kier alpha value is -3.64. The molecular formula is C18H13F6N5O2. The fraction of sp³-hybridized carbons (Fsp3) is 0.222. The van der Waals surface area contributed by atoms with Crippen LogP contribution >= 0.6 is 0 Å². The molecule has 7 nitrogen and oxygen atoms in total. The first-order valence-electron chi connectivity index (χ1n) is 8.46. The van der Waals surface area contributed by atoms with Crippen LogP contribution in [0.4, 0.5) is 42.5 Å². The quantitative estimate of drug-likeness (QED) is 0.475. The van der Waals surface area contributed by atoms with Crippen molar-refractivity contribution in [2.45, 2.75) is 19.3 Å². The van der Waals surface area contributed by atoms with Crippen LogP contribution < -0.4 is 10.2 Å². The predicted molar refractivity (Wildman–Crippen MR) is 97.3 cm³/mol. The summed E-state index contributed by atoms with van der Waals surface area (Å²) in [4.78, 5) is 27.9. The maximum atomic E-state index is 13.3. The van der Waals surface area contributed by atoms with E-state index in [9.17, 15) is 35.9 Å². The Labute approximate surface area is 170 Å². The number of anilines is 2. The highest BCUT2D eigenvalue weighted by Crippen LogP contribution is 2.40. The van der Waals surface area contributed by atoms with Crippen LogP contribution in [0, 0.1) is 6.92 Å². The Morgan fingerprint density at radius 2 is 1.81 bits per heavy atom. The summed E-state index contributed by atoms with van der Waals surface area (Å²) in [5.41, 5.74) is -3.29. The lowest BCUT2D eigenvalue weighted by atomic mass is 10.1. The molecule has 2 aromatic heterocycles. The molecule has 3 amide bonds. The second-order valence-corrected chi connectivity index (χ2v) is 6.44. The number of amides is 3. The zero-order valence-corrected chi connectivity index (χ0v) is 15.8. The number of nitrogens with zero attached hydrogens (tertiary/aromatic N) is 4. The molecule has 0 bridgehead atoms. The number of rotatable bonds is 3. The van der Waals surface area contributed by atoms with E-state index in [1.54, 1.807) is 14.0 Å². The van der Waals surface area contributed by atoms with Crippen LogP contribution in [0.2, 0.25) is 0 Å². The zero-order valence-electron chi connectivity index (χ0n) is 15.8. The standard InChI is InChI=1S/C18H13F6N5O2/c1-9-12-6-11(7-25-15(12)28(2)27-9)26-16(31)29(8-30)14-5-10(17(19,20)21)3-4-13(14)18(22,23)24/h3-8H,1-2H3,(H,26,31). The topological polar surface area (TPSA) is 80.1 Å². The van der Waals surface area contributed by atoms with Crippen LogP contribution in [-0.2, 0) is 24.2 Å². The second-order valence-electron chi connectivity index (χ2n) is 6.44. The van der Waals surface area contributed by atoms with Gasteiger partial charge >= 0.3 is 18.4 Å². The molecule has 0 fully saturated rings. The van der Waals surface area contributed by atoms with E-state index >= 15 is 0 Å². The number of aryl methyl sites for hydroxylation is 2. The van der Waals surface area contributed by atoms with E-state index in [1.165, 1.54) is 16.9 Å². The van der Waals surface area contributed by atoms with Crippen LogP contribution in [0.5, 0.6) is 0 Å². The van der Waals surface area contributed by atoms with E-state index in [0.29, 0.717) is 16.7 Å². The summed E-state index contributed by atoms with van der Waals surface area (Å²) in [6, 6.07) is 0.485. The van der Waals surface area contributed by atoms with Gasteiger partial charge in [-0.2, -0.15) is 31.4 Å². The summed E-state index contributed by atoms with van der Waals surface area (Å²) in [6.07, 6.45) is -9.24. The van der Waals surface area contributed by atoms with E-state index in [-0.39, 0.29) is 35.2 Å². The van der Waals surface area contributed by atoms with Crippen LogP contribution in [0.3, 0.4) is 0 Å². The molecule has 0 radical (unpaired) electrons. The molecule has 164 valence electrons. The first kappa shape index (κ1) is 22.1. The summed E-state index contributed by atoms with van der Waals surface area (Å²) in [6.45, 7) is 1.66. The lowest BCUT2D eigenvalue weighted by molar-refractivity contribution is -0.141. The Bertz CT molecular complexity index is 1170. The van der Waals surface area contributed by atoms with Crippen molar-refractivity contribution in [3.05, 3.63) is 47.3 Å². The molecule has 0 aliphatic rings. The average Bonchev–Trinajstić information content (AvgIpc) is 2.94. The van der Waals surface area contributed by atoms with Gasteiger partial charge in [0.25, 0.3) is 0 Å². The summed E-state index contributed by atoms with van der Waals surface area (Å²) in [5.74, 6) is 0. The van der Waals surface area contributed by atoms with Gasteiger partial charge in [0.1, 0.15) is 0 Å². The van der Waals surface area contributed by atoms with E-state index in [1.807, 2.05) is 0 Å². The maximum Gasteiger partial charge on any atom is 0.418 e. The number of benzene rings is 1. The molecule has 0 saturated carbocycles. The molecule has 13 heteroatoms. The van der Waals surface area contributed by atoms with Gasteiger partial charge in [-0.3, -0.25) is 9.48 Å². The molecular weight excluding hydrogens is 432 g/mol. The van der Waals surface area contributed by atoms with Gasteiger partial charge in [-0.1, -0.05) is 0 Å². The highest BCUT2D eigenvalue weighted by Gasteiger charge is 2.39. The molecule has 0 atom stereocenters. The zero-order chi connectivity index (χ0) is 23.1. The number of carbonyl (C=O) groups is 2. The number of hydrogen-bond acceptors (Lipinski definition) is 4. The van der Waals surface area contributed by atoms with Gasteiger partial charge in [-0.25, -0.2) is 14.7 Å². The number of pyridine rings is 1. The lowest BCUT2D eigenvalue weighted by Crippen LogP contribution is -2.35. The van der Waals surface area contributed by atoms with Crippen molar-refractivity contribution in [2.24, 2.45) is 7.05 Å². The largest absolute Gasteiger partial charge is 0.418 e. The number of nitrogens with one attached hydrogen (secondary N) is 1. The summed E-state index contributed by atoms with van der Waals surface area (Å²) < 4.78 is 80.4. The molecule has 1 aromatic carbocycles. The predicted octanol–water partition coefficient (Wildman–Crippen LogP) is 4.51. The van der Waals surface area contributed by atoms with Crippen molar-refractivity contribution in [3.63, 3.8) is 0 Å². The van der Waals surface area contributed by atoms with E-state index in [0.717, 1.165) is 0 Å². The summed E-state index contributed by atoms with van der Waals surface area (Å²) >= 11 is 0. The van der Waals surface area contributed by atoms with E-state index in [4.69, 9.17) is 0 Å². The Balaban J connectivity index is 2.02. The van der Waals surface area contributed by atoms with Crippen molar-refractivity contribution in [2.75, 3.05) is 10.2 Å². The smallest absolute Gasteiger partial charge is 0.306 e. The fourth-order valence-electron chi connectivity index (χ4n) is 2.92. The SMILES string of the molecule is Cc1nn(C)c2ncc(NC(=O)N(C=O)c3cc(C(F)(F)F)ccc3C(F)(F)F)cc12. The Morgan fingerprint density at radius 3 is 2.39 bits per heavy atom. The molecule has 0 spiro atoms. The molecule has 1 N–H and O–H groups in total. The number of imide groups is 1. The minimum Gasteiger partial charge on any atom is -0.306 e. The molecule has 0 unspecified atom stereocenters. The minimum absolute atomic E-state index is 0.000912. The van der Waals surface area contributed by atoms with Crippen molar-refractivity contribution in [1.82, 2.24) is 14.8 Å². The van der Waals surface area contributed by atoms with Crippen molar-refractivity contribution in [3.8, 4) is 0 Å². The monoisotopic (exact) mass is 445 g/mol. The third kappa shape index (κ3) is 4.29. The molecule has 2 heterocycles. The van der Waals surface area contributed by atoms with Gasteiger partial charge in [0.15, 0.2) is 5.65 Å². The summed E-state index contributed by atoms with van der Waals surface area (Å²) in [7, 11) is 1.63. The van der Waals surface area contributed by atoms with Crippen LogP contribution in [0.25, 0.3) is 11.0 Å². The number of fused-ring (bicyclic) bond motifs is 1. The van der Waals surface area contributed by atoms with Crippen molar-refractivity contribution < 1.29 is 35.9 Å². The number of alkyl halides is 6. The van der Waals surface area contributed by atoms with E-state index in [2.05, 4.69) is 15.4 Å². The van der Waals surface area contributed by atoms with Crippen LogP contribution in [0.15, 0.2) is 30.5 Å².